The summed E-state index contributed by atoms with van der Waals surface area (Å²) < 4.78 is 14.0. The number of benzene rings is 5. The molecule has 4 heteroatoms. The average Bonchev–Trinajstić information content (AvgIpc) is 3.64. The zero-order valence-corrected chi connectivity index (χ0v) is 20.7. The summed E-state index contributed by atoms with van der Waals surface area (Å²) in [5.41, 5.74) is 6.83. The van der Waals surface area contributed by atoms with E-state index in [0.717, 1.165) is 11.5 Å². The highest BCUT2D eigenvalue weighted by atomic mass is 16.5. The van der Waals surface area contributed by atoms with Crippen molar-refractivity contribution in [3.63, 3.8) is 0 Å². The van der Waals surface area contributed by atoms with Crippen molar-refractivity contribution in [2.24, 2.45) is 0 Å². The Labute approximate surface area is 222 Å². The molecule has 3 aromatic heterocycles. The first-order valence-corrected chi connectivity index (χ1v) is 13.4. The van der Waals surface area contributed by atoms with Crippen molar-refractivity contribution in [3.05, 3.63) is 127 Å². The van der Waals surface area contributed by atoms with Gasteiger partial charge in [-0.05, 0) is 76.1 Å². The lowest BCUT2D eigenvalue weighted by Gasteiger charge is -2.27. The molecular formula is C35H19N3O+2. The standard InChI is InChI=1S/C35H19N3O/c1-2-7-21-17-23-19-28-26(18-22(23)16-20(21)6-1)24-11-12-30-33-31(24)34-36(28)14-15-38(34)35(33)32-25(8-5-10-29(32)39-30)27-9-3-4-13-37(27)35/h1-19H/q+2. The maximum absolute atomic E-state index is 6.68. The van der Waals surface area contributed by atoms with Gasteiger partial charge in [-0.1, -0.05) is 30.3 Å². The molecule has 3 aliphatic rings. The van der Waals surface area contributed by atoms with E-state index in [4.69, 9.17) is 4.74 Å². The summed E-state index contributed by atoms with van der Waals surface area (Å²) in [6.07, 6.45) is 6.74. The number of pyridine rings is 2. The lowest BCUT2D eigenvalue weighted by atomic mass is 9.85. The molecule has 0 aliphatic carbocycles. The van der Waals surface area contributed by atoms with Crippen molar-refractivity contribution < 1.29 is 13.9 Å². The van der Waals surface area contributed by atoms with Gasteiger partial charge in [-0.2, -0.15) is 8.97 Å². The van der Waals surface area contributed by atoms with Crippen molar-refractivity contribution in [3.8, 4) is 22.8 Å². The number of imidazole rings is 1. The van der Waals surface area contributed by atoms with E-state index in [-0.39, 0.29) is 0 Å². The highest BCUT2D eigenvalue weighted by Crippen LogP contribution is 2.57. The molecule has 4 nitrogen and oxygen atoms in total. The molecule has 1 atom stereocenters. The van der Waals surface area contributed by atoms with Gasteiger partial charge in [0.1, 0.15) is 40.5 Å². The molecule has 3 aliphatic heterocycles. The summed E-state index contributed by atoms with van der Waals surface area (Å²) in [6, 6.07) is 35.4. The molecule has 0 N–H and O–H groups in total. The largest absolute Gasteiger partial charge is 0.456 e. The first kappa shape index (κ1) is 18.9. The molecule has 11 rings (SSSR count). The molecule has 0 saturated carbocycles. The number of rotatable bonds is 0. The van der Waals surface area contributed by atoms with E-state index < -0.39 is 5.66 Å². The van der Waals surface area contributed by atoms with E-state index in [1.54, 1.807) is 0 Å². The highest BCUT2D eigenvalue weighted by molar-refractivity contribution is 6.18. The van der Waals surface area contributed by atoms with Crippen molar-refractivity contribution in [1.29, 1.82) is 0 Å². The molecule has 6 heterocycles. The molecule has 1 unspecified atom stereocenters. The first-order valence-electron chi connectivity index (χ1n) is 13.4. The van der Waals surface area contributed by atoms with Crippen LogP contribution in [0, 0.1) is 0 Å². The van der Waals surface area contributed by atoms with Gasteiger partial charge in [0.2, 0.25) is 5.69 Å². The smallest absolute Gasteiger partial charge is 0.371 e. The Hall–Kier alpha value is -5.22. The van der Waals surface area contributed by atoms with Gasteiger partial charge < -0.3 is 4.74 Å². The highest BCUT2D eigenvalue weighted by Gasteiger charge is 2.67. The van der Waals surface area contributed by atoms with Gasteiger partial charge in [-0.15, -0.1) is 4.57 Å². The van der Waals surface area contributed by atoms with Gasteiger partial charge in [0.05, 0.1) is 10.9 Å². The van der Waals surface area contributed by atoms with Crippen LogP contribution in [0.2, 0.25) is 0 Å². The van der Waals surface area contributed by atoms with Gasteiger partial charge in [-0.3, -0.25) is 0 Å². The number of hydrogen-bond acceptors (Lipinski definition) is 1. The van der Waals surface area contributed by atoms with Crippen LogP contribution in [0.4, 0.5) is 0 Å². The van der Waals surface area contributed by atoms with Crippen LogP contribution in [0.3, 0.4) is 0 Å². The van der Waals surface area contributed by atoms with Gasteiger partial charge >= 0.3 is 11.3 Å². The van der Waals surface area contributed by atoms with Gasteiger partial charge in [0, 0.05) is 22.9 Å². The molecule has 0 saturated heterocycles. The molecule has 0 amide bonds. The lowest BCUT2D eigenvalue weighted by molar-refractivity contribution is -0.950. The second-order valence-electron chi connectivity index (χ2n) is 11.0. The van der Waals surface area contributed by atoms with Crippen molar-refractivity contribution in [2.75, 3.05) is 0 Å². The fourth-order valence-corrected chi connectivity index (χ4v) is 7.93. The van der Waals surface area contributed by atoms with E-state index >= 15 is 0 Å². The van der Waals surface area contributed by atoms with Crippen LogP contribution in [0.15, 0.2) is 116 Å². The molecule has 178 valence electrons. The van der Waals surface area contributed by atoms with E-state index in [1.165, 1.54) is 71.3 Å². The molecule has 0 bridgehead atoms. The molecule has 0 radical (unpaired) electrons. The Kier molecular flexibility index (Phi) is 2.87. The Morgan fingerprint density at radius 1 is 0.615 bits per heavy atom. The minimum absolute atomic E-state index is 0.516. The van der Waals surface area contributed by atoms with Crippen molar-refractivity contribution in [2.45, 2.75) is 5.66 Å². The third-order valence-corrected chi connectivity index (χ3v) is 9.36. The number of aromatic nitrogens is 3. The third-order valence-electron chi connectivity index (χ3n) is 9.36. The van der Waals surface area contributed by atoms with E-state index in [2.05, 4.69) is 129 Å². The maximum Gasteiger partial charge on any atom is 0.371 e. The van der Waals surface area contributed by atoms with Crippen LogP contribution in [0.1, 0.15) is 11.1 Å². The Bertz CT molecular complexity index is 2490. The number of fused-ring (bicyclic) bond motifs is 7. The average molecular weight is 498 g/mol. The second kappa shape index (κ2) is 5.92. The van der Waals surface area contributed by atoms with Crippen LogP contribution in [-0.4, -0.2) is 4.40 Å². The fraction of sp³-hybridized carbons (Fsp3) is 0.0286. The topological polar surface area (TPSA) is 21.4 Å². The summed E-state index contributed by atoms with van der Waals surface area (Å²) in [5.74, 6) is 1.87. The monoisotopic (exact) mass is 497 g/mol. The first-order chi connectivity index (χ1) is 19.3. The van der Waals surface area contributed by atoms with Crippen LogP contribution in [0.25, 0.3) is 60.1 Å². The molecule has 8 aromatic rings. The lowest BCUT2D eigenvalue weighted by Crippen LogP contribution is -2.71. The van der Waals surface area contributed by atoms with Gasteiger partial charge in [-0.25, -0.2) is 0 Å². The van der Waals surface area contributed by atoms with Gasteiger partial charge in [0.15, 0.2) is 6.20 Å². The Morgan fingerprint density at radius 2 is 1.44 bits per heavy atom. The fourth-order valence-electron chi connectivity index (χ4n) is 7.93. The van der Waals surface area contributed by atoms with Crippen LogP contribution < -0.4 is 13.9 Å². The maximum atomic E-state index is 6.68. The molecule has 1 spiro atoms. The predicted molar refractivity (Wildman–Crippen MR) is 151 cm³/mol. The minimum Gasteiger partial charge on any atom is -0.456 e. The van der Waals surface area contributed by atoms with Crippen LogP contribution in [0.5, 0.6) is 11.5 Å². The molecule has 0 fully saturated rings. The number of ether oxygens (including phenoxy) is 1. The summed E-state index contributed by atoms with van der Waals surface area (Å²) in [4.78, 5) is 0. The SMILES string of the molecule is c1cc2c3c(c1)-c1cccc[n+]1C31c3c(ccc4c5cc6cc7ccccc7cc6cc5n5cc[n+]1c5c34)O2. The van der Waals surface area contributed by atoms with Gasteiger partial charge in [0.25, 0.3) is 0 Å². The van der Waals surface area contributed by atoms with Crippen molar-refractivity contribution >= 4 is 48.9 Å². The van der Waals surface area contributed by atoms with E-state index in [9.17, 15) is 0 Å². The van der Waals surface area contributed by atoms with Crippen LogP contribution >= 0.6 is 0 Å². The summed E-state index contributed by atoms with van der Waals surface area (Å²) in [6.45, 7) is 0. The van der Waals surface area contributed by atoms with Crippen molar-refractivity contribution in [1.82, 2.24) is 4.40 Å². The zero-order valence-electron chi connectivity index (χ0n) is 20.7. The second-order valence-corrected chi connectivity index (χ2v) is 11.0. The number of nitrogens with zero attached hydrogens (tertiary/aromatic N) is 3. The summed E-state index contributed by atoms with van der Waals surface area (Å²) in [5, 5.41) is 8.86. The Balaban J connectivity index is 1.39. The third kappa shape index (κ3) is 1.87. The zero-order chi connectivity index (χ0) is 25.0. The van der Waals surface area contributed by atoms with E-state index in [1.807, 2.05) is 0 Å². The normalized spacial score (nSPS) is 17.5. The molecule has 39 heavy (non-hydrogen) atoms. The minimum atomic E-state index is -0.516. The quantitative estimate of drug-likeness (QED) is 0.128. The van der Waals surface area contributed by atoms with Crippen LogP contribution in [-0.2, 0) is 5.66 Å². The van der Waals surface area contributed by atoms with E-state index in [0.29, 0.717) is 0 Å². The molecule has 5 aromatic carbocycles. The number of hydrogen-bond donors (Lipinski definition) is 0. The predicted octanol–water partition coefficient (Wildman–Crippen LogP) is 6.82. The summed E-state index contributed by atoms with van der Waals surface area (Å²) in [7, 11) is 0. The Morgan fingerprint density at radius 3 is 2.33 bits per heavy atom. The molecular weight excluding hydrogens is 478 g/mol. The summed E-state index contributed by atoms with van der Waals surface area (Å²) >= 11 is 0.